The maximum atomic E-state index is 12.6. The van der Waals surface area contributed by atoms with Crippen molar-refractivity contribution < 1.29 is 4.79 Å². The van der Waals surface area contributed by atoms with Crippen molar-refractivity contribution in [3.05, 3.63) is 70.4 Å². The van der Waals surface area contributed by atoms with Crippen LogP contribution < -0.4 is 11.3 Å². The summed E-state index contributed by atoms with van der Waals surface area (Å²) in [6.45, 7) is 4.02. The van der Waals surface area contributed by atoms with Crippen molar-refractivity contribution in [2.75, 3.05) is 0 Å². The second kappa shape index (κ2) is 7.02. The lowest BCUT2D eigenvalue weighted by molar-refractivity contribution is -0.117. The van der Waals surface area contributed by atoms with E-state index >= 15 is 0 Å². The molecule has 0 aliphatic carbocycles. The van der Waals surface area contributed by atoms with Crippen molar-refractivity contribution in [2.45, 2.75) is 17.0 Å². The Morgan fingerprint density at radius 3 is 2.79 bits per heavy atom. The molecule has 0 aliphatic rings. The van der Waals surface area contributed by atoms with Crippen LogP contribution in [-0.2, 0) is 11.3 Å². The Bertz CT molecular complexity index is 947. The number of thiophene rings is 1. The van der Waals surface area contributed by atoms with Gasteiger partial charge in [-0.25, -0.2) is 4.98 Å². The van der Waals surface area contributed by atoms with Crippen LogP contribution in [-0.4, -0.2) is 15.5 Å². The van der Waals surface area contributed by atoms with E-state index in [9.17, 15) is 9.59 Å². The number of carbonyl (C=O) groups excluding carboxylic acids is 1. The fourth-order valence-corrected chi connectivity index (χ4v) is 4.16. The number of primary amides is 1. The number of hydrogen-bond donors (Lipinski definition) is 1. The molecule has 1 amide bonds. The minimum absolute atomic E-state index is 0.131. The average molecular weight is 357 g/mol. The highest BCUT2D eigenvalue weighted by Crippen LogP contribution is 2.34. The summed E-state index contributed by atoms with van der Waals surface area (Å²) in [5.41, 5.74) is 6.85. The molecule has 0 bridgehead atoms. The van der Waals surface area contributed by atoms with E-state index in [1.165, 1.54) is 27.7 Å². The van der Waals surface area contributed by atoms with Gasteiger partial charge in [-0.1, -0.05) is 48.2 Å². The van der Waals surface area contributed by atoms with Crippen LogP contribution in [0.4, 0.5) is 0 Å². The maximum Gasteiger partial charge on any atom is 0.272 e. The number of nitrogens with two attached hydrogens (primary N) is 1. The SMILES string of the molecule is C=CCn1c(S[C@@H](C(N)=O)c2ccccc2)nc2ccsc2c1=O. The van der Waals surface area contributed by atoms with E-state index in [4.69, 9.17) is 5.73 Å². The molecule has 0 fully saturated rings. The summed E-state index contributed by atoms with van der Waals surface area (Å²) < 4.78 is 2.12. The Balaban J connectivity index is 2.10. The van der Waals surface area contributed by atoms with E-state index in [1.54, 1.807) is 12.1 Å². The highest BCUT2D eigenvalue weighted by atomic mass is 32.2. The van der Waals surface area contributed by atoms with Crippen molar-refractivity contribution in [1.82, 2.24) is 9.55 Å². The van der Waals surface area contributed by atoms with E-state index in [0.717, 1.165) is 5.56 Å². The number of fused-ring (bicyclic) bond motifs is 1. The molecule has 0 spiro atoms. The average Bonchev–Trinajstić information content (AvgIpc) is 3.05. The summed E-state index contributed by atoms with van der Waals surface area (Å²) in [7, 11) is 0. The number of aromatic nitrogens is 2. The van der Waals surface area contributed by atoms with Gasteiger partial charge in [-0.2, -0.15) is 0 Å². The quantitative estimate of drug-likeness (QED) is 0.418. The molecule has 0 saturated carbocycles. The molecule has 0 aliphatic heterocycles. The standard InChI is InChI=1S/C17H15N3O2S2/c1-2-9-20-16(22)14-12(8-10-23-14)19-17(20)24-13(15(18)21)11-6-4-3-5-7-11/h2-8,10,13H,1,9H2,(H2,18,21)/t13-/m1/s1. The zero-order valence-electron chi connectivity index (χ0n) is 12.7. The van der Waals surface area contributed by atoms with Gasteiger partial charge in [-0.3, -0.25) is 14.2 Å². The Morgan fingerprint density at radius 2 is 2.12 bits per heavy atom. The van der Waals surface area contributed by atoms with Crippen molar-refractivity contribution in [2.24, 2.45) is 5.73 Å². The van der Waals surface area contributed by atoms with Gasteiger partial charge >= 0.3 is 0 Å². The van der Waals surface area contributed by atoms with Gasteiger partial charge in [0.1, 0.15) is 9.95 Å². The van der Waals surface area contributed by atoms with Gasteiger partial charge in [0.15, 0.2) is 5.16 Å². The number of allylic oxidation sites excluding steroid dienone is 1. The molecule has 3 aromatic rings. The molecule has 5 nitrogen and oxygen atoms in total. The smallest absolute Gasteiger partial charge is 0.272 e. The van der Waals surface area contributed by atoms with Crippen LogP contribution in [0.15, 0.2) is 64.4 Å². The molecule has 1 aromatic carbocycles. The van der Waals surface area contributed by atoms with Crippen LogP contribution in [0.25, 0.3) is 10.2 Å². The molecule has 2 N–H and O–H groups in total. The van der Waals surface area contributed by atoms with Gasteiger partial charge in [0, 0.05) is 6.54 Å². The number of benzene rings is 1. The van der Waals surface area contributed by atoms with Crippen LogP contribution in [0.5, 0.6) is 0 Å². The summed E-state index contributed by atoms with van der Waals surface area (Å²) >= 11 is 2.54. The summed E-state index contributed by atoms with van der Waals surface area (Å²) in [5, 5.41) is 1.66. The topological polar surface area (TPSA) is 78.0 Å². The third-order valence-electron chi connectivity index (χ3n) is 3.43. The first-order valence-corrected chi connectivity index (χ1v) is 8.97. The monoisotopic (exact) mass is 357 g/mol. The van der Waals surface area contributed by atoms with Crippen LogP contribution in [0, 0.1) is 0 Å². The first kappa shape index (κ1) is 16.5. The third-order valence-corrected chi connectivity index (χ3v) is 5.58. The molecular formula is C17H15N3O2S2. The molecule has 0 unspecified atom stereocenters. The highest BCUT2D eigenvalue weighted by Gasteiger charge is 2.23. The number of nitrogens with zero attached hydrogens (tertiary/aromatic N) is 2. The fourth-order valence-electron chi connectivity index (χ4n) is 2.33. The van der Waals surface area contributed by atoms with Crippen molar-refractivity contribution >= 4 is 39.2 Å². The lowest BCUT2D eigenvalue weighted by Crippen LogP contribution is -2.24. The molecule has 0 saturated heterocycles. The van der Waals surface area contributed by atoms with E-state index in [-0.39, 0.29) is 5.56 Å². The predicted molar refractivity (Wildman–Crippen MR) is 98.3 cm³/mol. The Hall–Kier alpha value is -2.38. The molecule has 122 valence electrons. The molecule has 24 heavy (non-hydrogen) atoms. The number of thioether (sulfide) groups is 1. The Kier molecular flexibility index (Phi) is 4.82. The van der Waals surface area contributed by atoms with Gasteiger partial charge in [-0.05, 0) is 17.0 Å². The maximum absolute atomic E-state index is 12.6. The molecule has 7 heteroatoms. The number of carbonyl (C=O) groups is 1. The normalized spacial score (nSPS) is 12.2. The summed E-state index contributed by atoms with van der Waals surface area (Å²) in [6, 6.07) is 11.0. The number of amides is 1. The molecule has 1 atom stereocenters. The molecule has 2 heterocycles. The zero-order chi connectivity index (χ0) is 17.1. The van der Waals surface area contributed by atoms with Crippen LogP contribution in [0.3, 0.4) is 0 Å². The number of hydrogen-bond acceptors (Lipinski definition) is 5. The largest absolute Gasteiger partial charge is 0.368 e. The van der Waals surface area contributed by atoms with Crippen LogP contribution in [0.1, 0.15) is 10.8 Å². The van der Waals surface area contributed by atoms with Gasteiger partial charge in [0.2, 0.25) is 5.91 Å². The third kappa shape index (κ3) is 3.13. The van der Waals surface area contributed by atoms with Crippen molar-refractivity contribution in [1.29, 1.82) is 0 Å². The Labute approximate surface area is 146 Å². The number of rotatable bonds is 6. The predicted octanol–water partition coefficient (Wildman–Crippen LogP) is 2.96. The van der Waals surface area contributed by atoms with Crippen LogP contribution in [0.2, 0.25) is 0 Å². The van der Waals surface area contributed by atoms with Gasteiger partial charge in [-0.15, -0.1) is 17.9 Å². The molecule has 3 rings (SSSR count). The van der Waals surface area contributed by atoms with Gasteiger partial charge in [0.05, 0.1) is 5.52 Å². The van der Waals surface area contributed by atoms with E-state index in [0.29, 0.717) is 21.9 Å². The van der Waals surface area contributed by atoms with Crippen molar-refractivity contribution in [3.8, 4) is 0 Å². The summed E-state index contributed by atoms with van der Waals surface area (Å²) in [4.78, 5) is 29.1. The molecule has 2 aromatic heterocycles. The Morgan fingerprint density at radius 1 is 1.38 bits per heavy atom. The van der Waals surface area contributed by atoms with E-state index < -0.39 is 11.2 Å². The van der Waals surface area contributed by atoms with Gasteiger partial charge < -0.3 is 5.73 Å². The van der Waals surface area contributed by atoms with Gasteiger partial charge in [0.25, 0.3) is 5.56 Å². The first-order chi connectivity index (χ1) is 11.6. The second-order valence-corrected chi connectivity index (χ2v) is 7.03. The van der Waals surface area contributed by atoms with E-state index in [2.05, 4.69) is 11.6 Å². The lowest BCUT2D eigenvalue weighted by Gasteiger charge is -2.16. The summed E-state index contributed by atoms with van der Waals surface area (Å²) in [5.74, 6) is -0.476. The molecular weight excluding hydrogens is 342 g/mol. The summed E-state index contributed by atoms with van der Waals surface area (Å²) in [6.07, 6.45) is 1.63. The van der Waals surface area contributed by atoms with Crippen LogP contribution >= 0.6 is 23.1 Å². The zero-order valence-corrected chi connectivity index (χ0v) is 14.3. The lowest BCUT2D eigenvalue weighted by atomic mass is 10.1. The minimum atomic E-state index is -0.620. The highest BCUT2D eigenvalue weighted by molar-refractivity contribution is 8.00. The fraction of sp³-hybridized carbons (Fsp3) is 0.118. The minimum Gasteiger partial charge on any atom is -0.368 e. The second-order valence-electron chi connectivity index (χ2n) is 5.04. The van der Waals surface area contributed by atoms with E-state index in [1.807, 2.05) is 35.7 Å². The first-order valence-electron chi connectivity index (χ1n) is 7.21. The molecule has 0 radical (unpaired) electrons. The van der Waals surface area contributed by atoms with Crippen molar-refractivity contribution in [3.63, 3.8) is 0 Å².